The summed E-state index contributed by atoms with van der Waals surface area (Å²) >= 11 is 0. The van der Waals surface area contributed by atoms with E-state index < -0.39 is 0 Å². The second-order valence-electron chi connectivity index (χ2n) is 7.08. The Kier molecular flexibility index (Phi) is 5.66. The van der Waals surface area contributed by atoms with Crippen molar-refractivity contribution in [1.29, 1.82) is 0 Å². The van der Waals surface area contributed by atoms with Gasteiger partial charge in [-0.2, -0.15) is 0 Å². The number of rotatable bonds is 6. The fourth-order valence-corrected chi connectivity index (χ4v) is 3.37. The van der Waals surface area contributed by atoms with Gasteiger partial charge in [0, 0.05) is 24.5 Å². The van der Waals surface area contributed by atoms with Crippen LogP contribution in [0.1, 0.15) is 5.69 Å². The number of hydrogen-bond donors (Lipinski definition) is 3. The number of benzene rings is 2. The molecular weight excluding hydrogens is 390 g/mol. The van der Waals surface area contributed by atoms with E-state index in [1.54, 1.807) is 19.2 Å². The van der Waals surface area contributed by atoms with Crippen LogP contribution in [0.2, 0.25) is 0 Å². The second kappa shape index (κ2) is 8.71. The molecule has 4 aromatic rings. The number of aromatic nitrogens is 2. The number of aryl methyl sites for hydroxylation is 1. The third-order valence-corrected chi connectivity index (χ3v) is 4.96. The summed E-state index contributed by atoms with van der Waals surface area (Å²) in [6, 6.07) is 22.8. The third kappa shape index (κ3) is 4.25. The first kappa shape index (κ1) is 20.2. The van der Waals surface area contributed by atoms with Crippen LogP contribution in [0.15, 0.2) is 77.6 Å². The van der Waals surface area contributed by atoms with E-state index in [0.717, 1.165) is 11.4 Å². The van der Waals surface area contributed by atoms with Crippen LogP contribution in [0, 0.1) is 6.92 Å². The van der Waals surface area contributed by atoms with E-state index in [2.05, 4.69) is 16.0 Å². The van der Waals surface area contributed by atoms with Gasteiger partial charge >= 0.3 is 0 Å². The van der Waals surface area contributed by atoms with Crippen LogP contribution in [0.25, 0.3) is 16.7 Å². The molecular formula is C24H23N5O2. The molecule has 156 valence electrons. The lowest BCUT2D eigenvalue weighted by Crippen LogP contribution is -2.26. The summed E-state index contributed by atoms with van der Waals surface area (Å²) in [5.41, 5.74) is 3.47. The highest BCUT2D eigenvalue weighted by molar-refractivity contribution is 5.86. The molecule has 0 spiro atoms. The van der Waals surface area contributed by atoms with Crippen molar-refractivity contribution in [3.8, 4) is 5.69 Å². The van der Waals surface area contributed by atoms with Crippen molar-refractivity contribution in [1.82, 2.24) is 14.9 Å². The largest absolute Gasteiger partial charge is 0.375 e. The number of hydrogen-bond acceptors (Lipinski definition) is 5. The summed E-state index contributed by atoms with van der Waals surface area (Å²) in [5.74, 6) is 0.469. The molecule has 0 bridgehead atoms. The number of pyridine rings is 2. The molecule has 1 amide bonds. The molecule has 0 aliphatic heterocycles. The molecule has 31 heavy (non-hydrogen) atoms. The van der Waals surface area contributed by atoms with E-state index in [-0.39, 0.29) is 17.9 Å². The lowest BCUT2D eigenvalue weighted by atomic mass is 10.2. The summed E-state index contributed by atoms with van der Waals surface area (Å²) < 4.78 is 1.93. The van der Waals surface area contributed by atoms with Crippen LogP contribution in [0.5, 0.6) is 0 Å². The van der Waals surface area contributed by atoms with Crippen molar-refractivity contribution in [2.45, 2.75) is 6.92 Å². The third-order valence-electron chi connectivity index (χ3n) is 4.96. The van der Waals surface area contributed by atoms with Crippen LogP contribution >= 0.6 is 0 Å². The molecule has 0 aliphatic carbocycles. The number of nitrogens with one attached hydrogen (secondary N) is 3. The number of carbonyl (C=O) groups excluding carboxylic acids is 1. The fourth-order valence-electron chi connectivity index (χ4n) is 3.37. The van der Waals surface area contributed by atoms with Crippen LogP contribution in [-0.4, -0.2) is 29.1 Å². The van der Waals surface area contributed by atoms with E-state index in [9.17, 15) is 9.59 Å². The zero-order valence-electron chi connectivity index (χ0n) is 17.3. The van der Waals surface area contributed by atoms with Gasteiger partial charge in [-0.05, 0) is 37.3 Å². The van der Waals surface area contributed by atoms with E-state index in [1.165, 1.54) is 0 Å². The summed E-state index contributed by atoms with van der Waals surface area (Å²) in [7, 11) is 1.58. The van der Waals surface area contributed by atoms with Gasteiger partial charge in [0.05, 0.1) is 23.3 Å². The summed E-state index contributed by atoms with van der Waals surface area (Å²) in [6.07, 6.45) is 0. The van der Waals surface area contributed by atoms with E-state index in [4.69, 9.17) is 4.98 Å². The van der Waals surface area contributed by atoms with Gasteiger partial charge in [-0.1, -0.05) is 36.4 Å². The molecule has 0 unspecified atom stereocenters. The van der Waals surface area contributed by atoms with Crippen molar-refractivity contribution in [3.63, 3.8) is 0 Å². The lowest BCUT2D eigenvalue weighted by molar-refractivity contribution is -0.118. The average Bonchev–Trinajstić information content (AvgIpc) is 2.79. The van der Waals surface area contributed by atoms with E-state index in [1.807, 2.05) is 72.2 Å². The number of likely N-dealkylation sites (N-methyl/N-ethyl adjacent to an activating group) is 1. The van der Waals surface area contributed by atoms with Crippen LogP contribution in [0.4, 0.5) is 17.2 Å². The zero-order chi connectivity index (χ0) is 21.8. The highest BCUT2D eigenvalue weighted by Gasteiger charge is 2.15. The number of para-hydroxylation sites is 2. The molecule has 3 N–H and O–H groups in total. The zero-order valence-corrected chi connectivity index (χ0v) is 17.3. The number of fused-ring (bicyclic) bond motifs is 1. The molecule has 0 radical (unpaired) electrons. The normalized spacial score (nSPS) is 10.6. The molecule has 0 saturated heterocycles. The minimum atomic E-state index is -0.156. The van der Waals surface area contributed by atoms with Gasteiger partial charge in [0.15, 0.2) is 5.43 Å². The standard InChI is InChI=1S/C24H23N5O2/c1-16-20(26-15-23(31)25-2)13-19-21(30)14-22(28-17-9-5-3-6-10-17)29(24(19)27-16)18-11-7-4-8-12-18/h3-14,26,28H,15H2,1-2H3,(H,25,31). The van der Waals surface area contributed by atoms with E-state index >= 15 is 0 Å². The highest BCUT2D eigenvalue weighted by Crippen LogP contribution is 2.26. The Balaban J connectivity index is 1.90. The number of nitrogens with zero attached hydrogens (tertiary/aromatic N) is 2. The number of carbonyl (C=O) groups is 1. The van der Waals surface area contributed by atoms with Crippen molar-refractivity contribution in [3.05, 3.63) is 88.7 Å². The monoisotopic (exact) mass is 413 g/mol. The summed E-state index contributed by atoms with van der Waals surface area (Å²) in [6.45, 7) is 1.95. The van der Waals surface area contributed by atoms with Gasteiger partial charge in [0.25, 0.3) is 0 Å². The minimum Gasteiger partial charge on any atom is -0.375 e. The number of amides is 1. The van der Waals surface area contributed by atoms with Gasteiger partial charge in [-0.15, -0.1) is 0 Å². The fraction of sp³-hybridized carbons (Fsp3) is 0.125. The smallest absolute Gasteiger partial charge is 0.239 e. The molecule has 0 saturated carbocycles. The molecule has 0 aliphatic rings. The van der Waals surface area contributed by atoms with Crippen molar-refractivity contribution in [2.24, 2.45) is 0 Å². The van der Waals surface area contributed by atoms with Crippen LogP contribution in [-0.2, 0) is 4.79 Å². The maximum atomic E-state index is 13.0. The Morgan fingerprint density at radius 2 is 1.68 bits per heavy atom. The Labute approximate surface area is 179 Å². The quantitative estimate of drug-likeness (QED) is 0.450. The maximum Gasteiger partial charge on any atom is 0.239 e. The molecule has 4 rings (SSSR count). The predicted octanol–water partition coefficient (Wildman–Crippen LogP) is 3.60. The Morgan fingerprint density at radius 3 is 2.35 bits per heavy atom. The summed E-state index contributed by atoms with van der Waals surface area (Å²) in [4.78, 5) is 29.4. The molecule has 2 aromatic heterocycles. The van der Waals surface area contributed by atoms with Crippen molar-refractivity contribution < 1.29 is 4.79 Å². The van der Waals surface area contributed by atoms with Gasteiger partial charge in [0.1, 0.15) is 11.5 Å². The van der Waals surface area contributed by atoms with Gasteiger partial charge in [0.2, 0.25) is 5.91 Å². The van der Waals surface area contributed by atoms with Gasteiger partial charge in [-0.25, -0.2) is 4.98 Å². The van der Waals surface area contributed by atoms with E-state index in [0.29, 0.717) is 28.2 Å². The van der Waals surface area contributed by atoms with Gasteiger partial charge in [-0.3, -0.25) is 14.2 Å². The predicted molar refractivity (Wildman–Crippen MR) is 124 cm³/mol. The average molecular weight is 413 g/mol. The van der Waals surface area contributed by atoms with Crippen LogP contribution < -0.4 is 21.4 Å². The molecule has 0 fully saturated rings. The topological polar surface area (TPSA) is 88.0 Å². The highest BCUT2D eigenvalue weighted by atomic mass is 16.1. The first-order chi connectivity index (χ1) is 15.1. The maximum absolute atomic E-state index is 13.0. The molecule has 7 heteroatoms. The SMILES string of the molecule is CNC(=O)CNc1cc2c(=O)cc(Nc3ccccc3)n(-c3ccccc3)c2nc1C. The first-order valence-corrected chi connectivity index (χ1v) is 9.96. The molecule has 0 atom stereocenters. The van der Waals surface area contributed by atoms with Crippen molar-refractivity contribution in [2.75, 3.05) is 24.2 Å². The Bertz CT molecular complexity index is 1280. The summed E-state index contributed by atoms with van der Waals surface area (Å²) in [5, 5.41) is 9.43. The number of anilines is 3. The molecule has 2 aromatic carbocycles. The minimum absolute atomic E-state index is 0.102. The molecule has 7 nitrogen and oxygen atoms in total. The molecule has 2 heterocycles. The Hall–Kier alpha value is -4.13. The van der Waals surface area contributed by atoms with Crippen molar-refractivity contribution >= 4 is 34.1 Å². The second-order valence-corrected chi connectivity index (χ2v) is 7.08. The first-order valence-electron chi connectivity index (χ1n) is 9.96. The van der Waals surface area contributed by atoms with Gasteiger partial charge < -0.3 is 16.0 Å². The van der Waals surface area contributed by atoms with Crippen LogP contribution in [0.3, 0.4) is 0 Å². The Morgan fingerprint density at radius 1 is 1.00 bits per heavy atom. The lowest BCUT2D eigenvalue weighted by Gasteiger charge is -2.19.